The van der Waals surface area contributed by atoms with Crippen LogP contribution in [0.1, 0.15) is 34.2 Å². The van der Waals surface area contributed by atoms with Crippen molar-refractivity contribution >= 4 is 12.0 Å². The molecule has 0 radical (unpaired) electrons. The van der Waals surface area contributed by atoms with Gasteiger partial charge in [-0.05, 0) is 42.7 Å². The zero-order valence-corrected chi connectivity index (χ0v) is 15.3. The molecule has 27 heavy (non-hydrogen) atoms. The van der Waals surface area contributed by atoms with E-state index in [1.807, 2.05) is 30.3 Å². The molecule has 2 aromatic rings. The molecule has 1 aliphatic rings. The third-order valence-corrected chi connectivity index (χ3v) is 4.70. The Hall–Kier alpha value is -2.73. The number of H-pyrrole nitrogens is 1. The molecule has 2 N–H and O–H groups in total. The van der Waals surface area contributed by atoms with E-state index in [1.165, 1.54) is 13.0 Å². The van der Waals surface area contributed by atoms with Crippen LogP contribution in [0.2, 0.25) is 0 Å². The maximum Gasteiger partial charge on any atom is 0.268 e. The van der Waals surface area contributed by atoms with E-state index in [2.05, 4.69) is 16.9 Å². The summed E-state index contributed by atoms with van der Waals surface area (Å²) >= 11 is 0. The summed E-state index contributed by atoms with van der Waals surface area (Å²) in [6.45, 7) is 7.66. The number of carbonyl (C=O) groups is 1. The molecule has 0 bridgehead atoms. The molecule has 2 heterocycles. The number of amides is 1. The number of hydrogen-bond donors (Lipinski definition) is 2. The highest BCUT2D eigenvalue weighted by molar-refractivity contribution is 5.94. The molecule has 1 aliphatic heterocycles. The summed E-state index contributed by atoms with van der Waals surface area (Å²) in [5.74, 6) is -0.307. The van der Waals surface area contributed by atoms with Gasteiger partial charge in [0.1, 0.15) is 11.2 Å². The highest BCUT2D eigenvalue weighted by Crippen LogP contribution is 2.30. The van der Waals surface area contributed by atoms with Crippen molar-refractivity contribution in [2.45, 2.75) is 25.8 Å². The quantitative estimate of drug-likeness (QED) is 0.747. The lowest BCUT2D eigenvalue weighted by molar-refractivity contribution is -0.0734. The van der Waals surface area contributed by atoms with E-state index in [0.717, 1.165) is 5.56 Å². The van der Waals surface area contributed by atoms with Gasteiger partial charge in [0.05, 0.1) is 13.2 Å². The molecule has 0 aliphatic carbocycles. The number of aromatic nitrogens is 1. The maximum absolute atomic E-state index is 13.2. The molecule has 1 fully saturated rings. The predicted molar refractivity (Wildman–Crippen MR) is 101 cm³/mol. The largest absolute Gasteiger partial charge is 0.376 e. The van der Waals surface area contributed by atoms with Crippen LogP contribution in [-0.2, 0) is 10.3 Å². The monoisotopic (exact) mass is 372 g/mol. The number of aryl methyl sites for hydroxylation is 1. The first-order chi connectivity index (χ1) is 12.8. The Morgan fingerprint density at radius 3 is 2.52 bits per heavy atom. The highest BCUT2D eigenvalue weighted by Gasteiger charge is 2.42. The molecule has 3 rings (SSSR count). The Morgan fingerprint density at radius 1 is 1.33 bits per heavy atom. The van der Waals surface area contributed by atoms with Gasteiger partial charge < -0.3 is 15.0 Å². The minimum atomic E-state index is -2.63. The van der Waals surface area contributed by atoms with Gasteiger partial charge in [0.25, 0.3) is 12.3 Å². The Labute approximate surface area is 156 Å². The number of benzene rings is 1. The molecular weight excluding hydrogens is 350 g/mol. The molecule has 0 spiro atoms. The Morgan fingerprint density at radius 2 is 2.00 bits per heavy atom. The zero-order chi connectivity index (χ0) is 19.6. The molecule has 0 saturated carbocycles. The number of halogens is 2. The van der Waals surface area contributed by atoms with Crippen LogP contribution >= 0.6 is 0 Å². The van der Waals surface area contributed by atoms with Gasteiger partial charge in [-0.25, -0.2) is 8.78 Å². The van der Waals surface area contributed by atoms with E-state index >= 15 is 0 Å². The van der Waals surface area contributed by atoms with Crippen LogP contribution in [0.15, 0.2) is 54.1 Å². The first-order valence-corrected chi connectivity index (χ1v) is 8.63. The van der Waals surface area contributed by atoms with Crippen LogP contribution in [0.3, 0.4) is 0 Å². The maximum atomic E-state index is 13.2. The fourth-order valence-corrected chi connectivity index (χ4v) is 3.03. The normalized spacial score (nSPS) is 16.1. The summed E-state index contributed by atoms with van der Waals surface area (Å²) in [5, 5.41) is 3.02. The van der Waals surface area contributed by atoms with Crippen molar-refractivity contribution in [1.82, 2.24) is 10.3 Å². The second-order valence-corrected chi connectivity index (χ2v) is 6.86. The smallest absolute Gasteiger partial charge is 0.268 e. The fraction of sp³-hybridized carbons (Fsp3) is 0.286. The highest BCUT2D eigenvalue weighted by atomic mass is 19.3. The van der Waals surface area contributed by atoms with E-state index in [1.54, 1.807) is 13.0 Å². The zero-order valence-electron chi connectivity index (χ0n) is 15.3. The van der Waals surface area contributed by atoms with Crippen molar-refractivity contribution in [2.24, 2.45) is 0 Å². The van der Waals surface area contributed by atoms with E-state index < -0.39 is 12.0 Å². The lowest BCUT2D eigenvalue weighted by Crippen LogP contribution is -2.59. The summed E-state index contributed by atoms with van der Waals surface area (Å²) < 4.78 is 31.7. The molecule has 1 aromatic carbocycles. The predicted octanol–water partition coefficient (Wildman–Crippen LogP) is 4.20. The molecule has 1 amide bonds. The van der Waals surface area contributed by atoms with Crippen molar-refractivity contribution < 1.29 is 18.3 Å². The standard InChI is InChI=1S/C21H22F2N2O2/c1-13(2)16(19(22)23)10-17-14(3)9-18(24-17)20(26)25-21(11-27-12-21)15-7-5-4-6-8-15/h4-10,19,24H,1,11-12H2,2-3H3,(H,25,26). The topological polar surface area (TPSA) is 54.1 Å². The van der Waals surface area contributed by atoms with Crippen molar-refractivity contribution in [2.75, 3.05) is 13.2 Å². The van der Waals surface area contributed by atoms with Crippen molar-refractivity contribution in [3.63, 3.8) is 0 Å². The molecule has 6 heteroatoms. The van der Waals surface area contributed by atoms with Gasteiger partial charge in [-0.3, -0.25) is 4.79 Å². The molecule has 0 unspecified atom stereocenters. The minimum Gasteiger partial charge on any atom is -0.376 e. The third kappa shape index (κ3) is 3.85. The van der Waals surface area contributed by atoms with Gasteiger partial charge in [-0.15, -0.1) is 0 Å². The summed E-state index contributed by atoms with van der Waals surface area (Å²) in [7, 11) is 0. The second kappa shape index (κ2) is 7.48. The first kappa shape index (κ1) is 19.0. The first-order valence-electron chi connectivity index (χ1n) is 8.63. The molecule has 1 saturated heterocycles. The number of alkyl halides is 2. The van der Waals surface area contributed by atoms with Gasteiger partial charge in [0, 0.05) is 11.3 Å². The Balaban J connectivity index is 1.84. The van der Waals surface area contributed by atoms with Gasteiger partial charge in [0.15, 0.2) is 0 Å². The summed E-state index contributed by atoms with van der Waals surface area (Å²) in [4.78, 5) is 15.7. The SMILES string of the molecule is C=C(C)C(=Cc1[nH]c(C(=O)NC2(c3ccccc3)COC2)cc1C)C(F)F. The van der Waals surface area contributed by atoms with Crippen LogP contribution in [-0.4, -0.2) is 30.5 Å². The van der Waals surface area contributed by atoms with Crippen molar-refractivity contribution in [1.29, 1.82) is 0 Å². The van der Waals surface area contributed by atoms with Crippen molar-refractivity contribution in [3.8, 4) is 0 Å². The third-order valence-electron chi connectivity index (χ3n) is 4.70. The lowest BCUT2D eigenvalue weighted by Gasteiger charge is -2.42. The molecule has 4 nitrogen and oxygen atoms in total. The fourth-order valence-electron chi connectivity index (χ4n) is 3.03. The molecule has 142 valence electrons. The number of rotatable bonds is 6. The van der Waals surface area contributed by atoms with Crippen LogP contribution in [0, 0.1) is 6.92 Å². The van der Waals surface area contributed by atoms with Crippen LogP contribution in [0.4, 0.5) is 8.78 Å². The second-order valence-electron chi connectivity index (χ2n) is 6.86. The number of ether oxygens (including phenoxy) is 1. The molecule has 1 aromatic heterocycles. The Kier molecular flexibility index (Phi) is 5.28. The number of allylic oxidation sites excluding steroid dienone is 2. The number of aromatic amines is 1. The van der Waals surface area contributed by atoms with Crippen molar-refractivity contribution in [3.05, 3.63) is 76.6 Å². The van der Waals surface area contributed by atoms with E-state index in [0.29, 0.717) is 35.7 Å². The minimum absolute atomic E-state index is 0.153. The summed E-state index contributed by atoms with van der Waals surface area (Å²) in [6.07, 6.45) is -1.28. The summed E-state index contributed by atoms with van der Waals surface area (Å²) in [5.41, 5.74) is 2.03. The van der Waals surface area contributed by atoms with E-state index in [-0.39, 0.29) is 11.5 Å². The van der Waals surface area contributed by atoms with Gasteiger partial charge in [0.2, 0.25) is 0 Å². The van der Waals surface area contributed by atoms with E-state index in [4.69, 9.17) is 4.74 Å². The van der Waals surface area contributed by atoms with Gasteiger partial charge >= 0.3 is 0 Å². The van der Waals surface area contributed by atoms with E-state index in [9.17, 15) is 13.6 Å². The average Bonchev–Trinajstić information content (AvgIpc) is 2.97. The lowest BCUT2D eigenvalue weighted by atomic mass is 9.88. The number of carbonyl (C=O) groups excluding carboxylic acids is 1. The van der Waals surface area contributed by atoms with Gasteiger partial charge in [-0.2, -0.15) is 0 Å². The number of nitrogens with one attached hydrogen (secondary N) is 2. The van der Waals surface area contributed by atoms with Crippen LogP contribution < -0.4 is 5.32 Å². The Bertz CT molecular complexity index is 881. The van der Waals surface area contributed by atoms with Crippen LogP contribution in [0.5, 0.6) is 0 Å². The molecule has 0 atom stereocenters. The summed E-state index contributed by atoms with van der Waals surface area (Å²) in [6, 6.07) is 11.3. The molecular formula is C21H22F2N2O2. The average molecular weight is 372 g/mol. The van der Waals surface area contributed by atoms with Gasteiger partial charge in [-0.1, -0.05) is 36.9 Å². The number of hydrogen-bond acceptors (Lipinski definition) is 2. The van der Waals surface area contributed by atoms with Crippen LogP contribution in [0.25, 0.3) is 6.08 Å².